The van der Waals surface area contributed by atoms with E-state index in [0.29, 0.717) is 73.5 Å². The Bertz CT molecular complexity index is 2060. The van der Waals surface area contributed by atoms with Crippen molar-refractivity contribution in [2.45, 2.75) is 128 Å². The molecule has 2 N–H and O–H groups in total. The second-order valence-electron chi connectivity index (χ2n) is 17.8. The van der Waals surface area contributed by atoms with Crippen LogP contribution in [0.5, 0.6) is 17.4 Å². The molecule has 5 atom stereocenters. The van der Waals surface area contributed by atoms with Crippen molar-refractivity contribution in [2.24, 2.45) is 16.7 Å². The Labute approximate surface area is 335 Å². The normalized spacial score (nSPS) is 28.3. The highest BCUT2D eigenvalue weighted by Gasteiger charge is 2.61. The number of hydrogen-bond donors (Lipinski definition) is 2. The van der Waals surface area contributed by atoms with E-state index >= 15 is 0 Å². The SMILES string of the molecule is COc1ccc2c(O[C@@H]3C[C@H]4C(=O)C[C@]5(C(=O)NS(=O)(=O)C6CC6)C[C@@H]5/C=C\CCCCC[C@H](NC(=O)N5CC(C)(C)C5)C(=O)N4C3)cc(OC(C)C)nc2c1C. The van der Waals surface area contributed by atoms with Crippen molar-refractivity contribution in [3.63, 3.8) is 0 Å². The molecule has 0 unspecified atom stereocenters. The molecule has 5 aliphatic rings. The third-order valence-electron chi connectivity index (χ3n) is 12.0. The number of carbonyl (C=O) groups excluding carboxylic acids is 4. The van der Waals surface area contributed by atoms with Crippen molar-refractivity contribution in [1.29, 1.82) is 0 Å². The number of hydrogen-bond acceptors (Lipinski definition) is 10. The number of amides is 4. The zero-order chi connectivity index (χ0) is 40.9. The monoisotopic (exact) mass is 807 g/mol. The number of rotatable bonds is 9. The molecule has 2 saturated heterocycles. The molecule has 2 aliphatic carbocycles. The molecule has 4 amide bonds. The van der Waals surface area contributed by atoms with Crippen LogP contribution in [0.1, 0.15) is 97.5 Å². The fourth-order valence-corrected chi connectivity index (χ4v) is 10.1. The Morgan fingerprint density at radius 1 is 1.04 bits per heavy atom. The van der Waals surface area contributed by atoms with Gasteiger partial charge in [0, 0.05) is 48.4 Å². The van der Waals surface area contributed by atoms with Crippen LogP contribution in [0.3, 0.4) is 0 Å². The highest BCUT2D eigenvalue weighted by molar-refractivity contribution is 7.90. The summed E-state index contributed by atoms with van der Waals surface area (Å²) < 4.78 is 46.5. The topological polar surface area (TPSA) is 174 Å². The summed E-state index contributed by atoms with van der Waals surface area (Å²) in [6.45, 7) is 11.1. The maximum Gasteiger partial charge on any atom is 0.318 e. The molecule has 14 nitrogen and oxygen atoms in total. The first-order valence-electron chi connectivity index (χ1n) is 20.4. The van der Waals surface area contributed by atoms with Crippen molar-refractivity contribution < 1.29 is 41.8 Å². The molecule has 2 aromatic rings. The number of pyridine rings is 1. The van der Waals surface area contributed by atoms with Crippen LogP contribution in [-0.2, 0) is 24.4 Å². The maximum absolute atomic E-state index is 14.7. The van der Waals surface area contributed by atoms with Crippen molar-refractivity contribution >= 4 is 44.6 Å². The zero-order valence-corrected chi connectivity index (χ0v) is 34.8. The van der Waals surface area contributed by atoms with Gasteiger partial charge in [0.25, 0.3) is 0 Å². The standard InChI is InChI=1S/C42H57N5O9S/c1-25(2)55-36-19-35(30-16-17-34(54-6)26(3)37(30)44-36)56-28-18-32-33(48)21-42(39(50)45-57(52,53)29-14-15-29)20-27(42)12-10-8-7-9-11-13-31(38(49)47(32)22-28)43-40(51)46-23-41(4,5)24-46/h10,12,16-17,19,25,27-29,31-32H,7-9,11,13-15,18,20-24H2,1-6H3,(H,43,51)(H,45,50)/b12-10-/t27-,28+,31-,32-,42+/m0/s1. The van der Waals surface area contributed by atoms with Gasteiger partial charge >= 0.3 is 6.03 Å². The van der Waals surface area contributed by atoms with Gasteiger partial charge in [0.15, 0.2) is 5.78 Å². The van der Waals surface area contributed by atoms with Gasteiger partial charge in [-0.15, -0.1) is 0 Å². The van der Waals surface area contributed by atoms with E-state index in [0.717, 1.165) is 24.8 Å². The largest absolute Gasteiger partial charge is 0.496 e. The van der Waals surface area contributed by atoms with Crippen LogP contribution in [0.4, 0.5) is 4.79 Å². The van der Waals surface area contributed by atoms with E-state index in [1.54, 1.807) is 18.1 Å². The molecule has 3 aliphatic heterocycles. The quantitative estimate of drug-likeness (QED) is 0.321. The van der Waals surface area contributed by atoms with Gasteiger partial charge in [0.05, 0.1) is 42.0 Å². The van der Waals surface area contributed by atoms with Gasteiger partial charge in [-0.1, -0.05) is 38.8 Å². The number of ether oxygens (including phenoxy) is 3. The zero-order valence-electron chi connectivity index (χ0n) is 34.0. The minimum atomic E-state index is -3.85. The van der Waals surface area contributed by atoms with Gasteiger partial charge in [0.2, 0.25) is 27.7 Å². The molecule has 15 heteroatoms. The Morgan fingerprint density at radius 2 is 1.79 bits per heavy atom. The summed E-state index contributed by atoms with van der Waals surface area (Å²) in [4.78, 5) is 64.7. The van der Waals surface area contributed by atoms with E-state index in [4.69, 9.17) is 19.2 Å². The lowest BCUT2D eigenvalue weighted by molar-refractivity contribution is -0.140. The summed E-state index contributed by atoms with van der Waals surface area (Å²) in [6.07, 6.45) is 7.81. The number of methoxy groups -OCH3 is 1. The summed E-state index contributed by atoms with van der Waals surface area (Å²) in [5.41, 5.74) is 0.168. The van der Waals surface area contributed by atoms with Crippen LogP contribution < -0.4 is 24.2 Å². The van der Waals surface area contributed by atoms with Crippen LogP contribution in [0, 0.1) is 23.7 Å². The van der Waals surface area contributed by atoms with E-state index in [-0.39, 0.29) is 54.5 Å². The number of nitrogens with zero attached hydrogens (tertiary/aromatic N) is 3. The summed E-state index contributed by atoms with van der Waals surface area (Å²) >= 11 is 0. The van der Waals surface area contributed by atoms with Gasteiger partial charge < -0.3 is 29.3 Å². The number of nitrogens with one attached hydrogen (secondary N) is 2. The third-order valence-corrected chi connectivity index (χ3v) is 13.9. The van der Waals surface area contributed by atoms with E-state index in [9.17, 15) is 27.6 Å². The molecule has 7 rings (SSSR count). The lowest BCUT2D eigenvalue weighted by atomic mass is 9.85. The number of Topliss-reactive ketones (excluding diaryl/α,β-unsaturated/α-hetero) is 1. The number of aromatic nitrogens is 1. The smallest absolute Gasteiger partial charge is 0.318 e. The van der Waals surface area contributed by atoms with E-state index in [1.165, 1.54) is 4.90 Å². The molecule has 310 valence electrons. The lowest BCUT2D eigenvalue weighted by Crippen LogP contribution is -2.61. The molecule has 57 heavy (non-hydrogen) atoms. The fraction of sp³-hybridized carbons (Fsp3) is 0.643. The molecule has 1 aromatic heterocycles. The van der Waals surface area contributed by atoms with Crippen molar-refractivity contribution in [1.82, 2.24) is 24.8 Å². The first-order chi connectivity index (χ1) is 27.0. The molecule has 1 aromatic carbocycles. The van der Waals surface area contributed by atoms with Crippen molar-refractivity contribution in [3.8, 4) is 17.4 Å². The summed E-state index contributed by atoms with van der Waals surface area (Å²) in [6, 6.07) is 3.23. The summed E-state index contributed by atoms with van der Waals surface area (Å²) in [5.74, 6) is -0.245. The van der Waals surface area contributed by atoms with Crippen molar-refractivity contribution in [3.05, 3.63) is 35.9 Å². The van der Waals surface area contributed by atoms with E-state index < -0.39 is 44.8 Å². The van der Waals surface area contributed by atoms with Gasteiger partial charge in [-0.05, 0) is 77.3 Å². The number of carbonyl (C=O) groups is 4. The number of urea groups is 1. The van der Waals surface area contributed by atoms with Crippen LogP contribution in [-0.4, -0.2) is 103 Å². The Kier molecular flexibility index (Phi) is 11.3. The van der Waals surface area contributed by atoms with Gasteiger partial charge in [0.1, 0.15) is 23.6 Å². The minimum Gasteiger partial charge on any atom is -0.496 e. The highest BCUT2D eigenvalue weighted by atomic mass is 32.2. The molecule has 0 spiro atoms. The number of allylic oxidation sites excluding steroid dienone is 2. The molecular formula is C42H57N5O9S. The van der Waals surface area contributed by atoms with Crippen LogP contribution in [0.2, 0.25) is 0 Å². The number of benzene rings is 1. The summed E-state index contributed by atoms with van der Waals surface area (Å²) in [5, 5.41) is 3.11. The average molecular weight is 808 g/mol. The van der Waals surface area contributed by atoms with Crippen LogP contribution in [0.15, 0.2) is 30.4 Å². The summed E-state index contributed by atoms with van der Waals surface area (Å²) in [7, 11) is -2.26. The van der Waals surface area contributed by atoms with Gasteiger partial charge in [-0.3, -0.25) is 19.1 Å². The molecule has 0 radical (unpaired) electrons. The fourth-order valence-electron chi connectivity index (χ4n) is 8.72. The van der Waals surface area contributed by atoms with E-state index in [1.807, 2.05) is 45.1 Å². The average Bonchev–Trinajstić information content (AvgIpc) is 4.06. The Hall–Kier alpha value is -4.40. The Balaban J connectivity index is 1.21. The van der Waals surface area contributed by atoms with Gasteiger partial charge in [-0.25, -0.2) is 18.2 Å². The second kappa shape index (κ2) is 15.7. The first kappa shape index (κ1) is 40.8. The lowest BCUT2D eigenvalue weighted by Gasteiger charge is -2.46. The number of likely N-dealkylation sites (tertiary alicyclic amines) is 1. The number of aryl methyl sites for hydroxylation is 1. The second-order valence-corrected chi connectivity index (χ2v) is 19.7. The molecule has 0 bridgehead atoms. The number of ketones is 1. The van der Waals surface area contributed by atoms with E-state index in [2.05, 4.69) is 23.9 Å². The first-order valence-corrected chi connectivity index (χ1v) is 22.0. The number of sulfonamides is 1. The highest BCUT2D eigenvalue weighted by Crippen LogP contribution is 2.57. The number of fused-ring (bicyclic) bond motifs is 3. The van der Waals surface area contributed by atoms with Crippen LogP contribution >= 0.6 is 0 Å². The van der Waals surface area contributed by atoms with Gasteiger partial charge in [-0.2, -0.15) is 0 Å². The minimum absolute atomic E-state index is 0.00452. The van der Waals surface area contributed by atoms with Crippen LogP contribution in [0.25, 0.3) is 10.9 Å². The predicted octanol–water partition coefficient (Wildman–Crippen LogP) is 5.20. The Morgan fingerprint density at radius 3 is 2.47 bits per heavy atom. The predicted molar refractivity (Wildman–Crippen MR) is 213 cm³/mol. The molecule has 4 fully saturated rings. The molecule has 2 saturated carbocycles. The maximum atomic E-state index is 14.7. The molecular weight excluding hydrogens is 751 g/mol. The molecule has 4 heterocycles. The van der Waals surface area contributed by atoms with Crippen molar-refractivity contribution in [2.75, 3.05) is 26.7 Å². The third kappa shape index (κ3) is 8.73.